The van der Waals surface area contributed by atoms with Crippen molar-refractivity contribution < 1.29 is 33.8 Å². The third-order valence-electron chi connectivity index (χ3n) is 6.84. The Bertz CT molecular complexity index is 1300. The summed E-state index contributed by atoms with van der Waals surface area (Å²) < 4.78 is 5.33. The van der Waals surface area contributed by atoms with E-state index in [1.807, 2.05) is 6.92 Å². The van der Waals surface area contributed by atoms with Crippen LogP contribution in [0.25, 0.3) is 0 Å². The molecule has 234 valence electrons. The smallest absolute Gasteiger partial charge is 0.408 e. The van der Waals surface area contributed by atoms with Gasteiger partial charge in [-0.1, -0.05) is 31.5 Å². The fraction of sp³-hybridized carbons (Fsp3) is 0.593. The number of carbonyl (C=O) groups excluding carboxylic acids is 4. The average Bonchev–Trinajstić information content (AvgIpc) is 3.60. The Balaban J connectivity index is 1.87. The average molecular weight is 602 g/mol. The number of fused-ring (bicyclic) bond motifs is 1. The maximum atomic E-state index is 14.1. The van der Waals surface area contributed by atoms with Gasteiger partial charge >= 0.3 is 12.1 Å². The number of carboxylic acids is 1. The zero-order valence-corrected chi connectivity index (χ0v) is 24.9. The van der Waals surface area contributed by atoms with Crippen LogP contribution < -0.4 is 20.9 Å². The molecule has 0 spiro atoms. The van der Waals surface area contributed by atoms with E-state index in [1.54, 1.807) is 39.8 Å². The molecule has 2 unspecified atom stereocenters. The van der Waals surface area contributed by atoms with E-state index in [2.05, 4.69) is 41.6 Å². The van der Waals surface area contributed by atoms with Gasteiger partial charge in [0.15, 0.2) is 5.82 Å². The van der Waals surface area contributed by atoms with Crippen molar-refractivity contribution in [3.8, 4) is 0 Å². The minimum absolute atomic E-state index is 0.0353. The topological polar surface area (TPSA) is 221 Å². The predicted molar refractivity (Wildman–Crippen MR) is 151 cm³/mol. The number of tetrazole rings is 1. The quantitative estimate of drug-likeness (QED) is 0.216. The number of rotatable bonds is 13. The largest absolute Gasteiger partial charge is 0.481 e. The van der Waals surface area contributed by atoms with Crippen LogP contribution in [0, 0.1) is 5.92 Å². The van der Waals surface area contributed by atoms with Crippen LogP contribution in [0.4, 0.5) is 10.6 Å². The zero-order valence-electron chi connectivity index (χ0n) is 24.9. The molecular weight excluding hydrogens is 562 g/mol. The molecule has 4 amide bonds. The van der Waals surface area contributed by atoms with Gasteiger partial charge in [-0.05, 0) is 51.2 Å². The van der Waals surface area contributed by atoms with Crippen LogP contribution in [0.2, 0.25) is 0 Å². The molecule has 43 heavy (non-hydrogen) atoms. The molecule has 3 rings (SSSR count). The predicted octanol–water partition coefficient (Wildman–Crippen LogP) is 0.848. The molecule has 0 radical (unpaired) electrons. The lowest BCUT2D eigenvalue weighted by molar-refractivity contribution is -0.137. The SMILES string of the molecule is CC[C@H](C)[C@H](NC(=O)OC(C)(C)C)C(=O)NC(CCCC(=O)O)C(=O)N1c2ncccc2CC1C(=O)NCc1nn[nH]n1. The number of amides is 4. The highest BCUT2D eigenvalue weighted by Crippen LogP contribution is 2.31. The van der Waals surface area contributed by atoms with Crippen molar-refractivity contribution in [2.45, 2.75) is 97.0 Å². The number of nitrogens with zero attached hydrogens (tertiary/aromatic N) is 5. The van der Waals surface area contributed by atoms with Crippen molar-refractivity contribution in [3.63, 3.8) is 0 Å². The van der Waals surface area contributed by atoms with Gasteiger partial charge in [0.2, 0.25) is 11.8 Å². The Morgan fingerprint density at radius 3 is 2.58 bits per heavy atom. The zero-order chi connectivity index (χ0) is 31.7. The first kappa shape index (κ1) is 32.9. The molecule has 0 fully saturated rings. The third kappa shape index (κ3) is 9.18. The van der Waals surface area contributed by atoms with Gasteiger partial charge in [0, 0.05) is 19.0 Å². The maximum absolute atomic E-state index is 14.1. The van der Waals surface area contributed by atoms with Crippen LogP contribution in [0.15, 0.2) is 18.3 Å². The van der Waals surface area contributed by atoms with Crippen LogP contribution in [0.5, 0.6) is 0 Å². The lowest BCUT2D eigenvalue weighted by Gasteiger charge is -2.31. The summed E-state index contributed by atoms with van der Waals surface area (Å²) in [6.07, 6.45) is 1.17. The van der Waals surface area contributed by atoms with E-state index in [0.717, 1.165) is 0 Å². The Morgan fingerprint density at radius 2 is 1.95 bits per heavy atom. The van der Waals surface area contributed by atoms with Gasteiger partial charge in [-0.2, -0.15) is 5.21 Å². The Kier molecular flexibility index (Phi) is 11.1. The number of aliphatic carboxylic acids is 1. The third-order valence-corrected chi connectivity index (χ3v) is 6.84. The van der Waals surface area contributed by atoms with Crippen LogP contribution in [-0.2, 0) is 36.9 Å². The second-order valence-electron chi connectivity index (χ2n) is 11.3. The van der Waals surface area contributed by atoms with E-state index in [0.29, 0.717) is 12.0 Å². The molecule has 16 heteroatoms. The number of carbonyl (C=O) groups is 5. The van der Waals surface area contributed by atoms with Crippen molar-refractivity contribution in [2.75, 3.05) is 4.90 Å². The summed E-state index contributed by atoms with van der Waals surface area (Å²) in [4.78, 5) is 70.4. The Labute approximate surface area is 248 Å². The van der Waals surface area contributed by atoms with Crippen LogP contribution >= 0.6 is 0 Å². The number of carboxylic acid groups (broad SMARTS) is 1. The normalized spacial score (nSPS) is 16.4. The van der Waals surface area contributed by atoms with Gasteiger partial charge in [0.25, 0.3) is 5.91 Å². The molecule has 0 aromatic carbocycles. The van der Waals surface area contributed by atoms with E-state index in [9.17, 15) is 29.1 Å². The highest BCUT2D eigenvalue weighted by molar-refractivity contribution is 6.06. The number of alkyl carbamates (subject to hydrolysis) is 1. The van der Waals surface area contributed by atoms with Crippen LogP contribution in [0.1, 0.15) is 71.7 Å². The molecule has 0 saturated carbocycles. The summed E-state index contributed by atoms with van der Waals surface area (Å²) in [5.41, 5.74) is -0.152. The van der Waals surface area contributed by atoms with Crippen molar-refractivity contribution in [1.82, 2.24) is 41.6 Å². The summed E-state index contributed by atoms with van der Waals surface area (Å²) >= 11 is 0. The van der Waals surface area contributed by atoms with Gasteiger partial charge in [0.1, 0.15) is 29.5 Å². The van der Waals surface area contributed by atoms with Crippen molar-refractivity contribution >= 4 is 35.6 Å². The lowest BCUT2D eigenvalue weighted by atomic mass is 9.97. The van der Waals surface area contributed by atoms with Gasteiger partial charge in [-0.15, -0.1) is 10.2 Å². The van der Waals surface area contributed by atoms with E-state index in [1.165, 1.54) is 11.1 Å². The summed E-state index contributed by atoms with van der Waals surface area (Å²) in [7, 11) is 0. The van der Waals surface area contributed by atoms with Crippen molar-refractivity contribution in [1.29, 1.82) is 0 Å². The molecule has 16 nitrogen and oxygen atoms in total. The van der Waals surface area contributed by atoms with E-state index < -0.39 is 53.5 Å². The number of ether oxygens (including phenoxy) is 1. The number of anilines is 1. The fourth-order valence-corrected chi connectivity index (χ4v) is 4.54. The molecule has 5 N–H and O–H groups in total. The molecule has 0 aliphatic carbocycles. The van der Waals surface area contributed by atoms with Gasteiger partial charge in [0.05, 0.1) is 6.54 Å². The summed E-state index contributed by atoms with van der Waals surface area (Å²) in [5.74, 6) is -2.68. The first-order valence-corrected chi connectivity index (χ1v) is 14.1. The fourth-order valence-electron chi connectivity index (χ4n) is 4.54. The lowest BCUT2D eigenvalue weighted by Crippen LogP contribution is -2.58. The monoisotopic (exact) mass is 601 g/mol. The van der Waals surface area contributed by atoms with Gasteiger partial charge in [-0.25, -0.2) is 9.78 Å². The van der Waals surface area contributed by atoms with E-state index in [-0.39, 0.29) is 49.8 Å². The van der Waals surface area contributed by atoms with Crippen LogP contribution in [0.3, 0.4) is 0 Å². The second-order valence-corrected chi connectivity index (χ2v) is 11.3. The summed E-state index contributed by atoms with van der Waals surface area (Å²) in [5, 5.41) is 30.6. The number of aromatic amines is 1. The Morgan fingerprint density at radius 1 is 1.21 bits per heavy atom. The van der Waals surface area contributed by atoms with E-state index >= 15 is 0 Å². The number of H-pyrrole nitrogens is 1. The molecule has 0 saturated heterocycles. The highest BCUT2D eigenvalue weighted by Gasteiger charge is 2.42. The van der Waals surface area contributed by atoms with Gasteiger partial charge < -0.3 is 25.8 Å². The van der Waals surface area contributed by atoms with Crippen molar-refractivity contribution in [2.24, 2.45) is 5.92 Å². The Hall–Kier alpha value is -4.63. The number of aromatic nitrogens is 5. The van der Waals surface area contributed by atoms with E-state index in [4.69, 9.17) is 4.74 Å². The highest BCUT2D eigenvalue weighted by atomic mass is 16.6. The molecule has 0 bridgehead atoms. The maximum Gasteiger partial charge on any atom is 0.408 e. The molecule has 3 heterocycles. The minimum atomic E-state index is -1.22. The molecule has 1 aliphatic rings. The van der Waals surface area contributed by atoms with Crippen molar-refractivity contribution in [3.05, 3.63) is 29.7 Å². The first-order chi connectivity index (χ1) is 20.3. The molecular formula is C27H39N9O7. The van der Waals surface area contributed by atoms with Crippen LogP contribution in [-0.4, -0.2) is 84.2 Å². The first-order valence-electron chi connectivity index (χ1n) is 14.1. The number of pyridine rings is 1. The summed E-state index contributed by atoms with van der Waals surface area (Å²) in [6, 6.07) is 0.156. The second kappa shape index (κ2) is 14.5. The number of nitrogens with one attached hydrogen (secondary N) is 4. The molecule has 2 aromatic rings. The minimum Gasteiger partial charge on any atom is -0.481 e. The standard InChI is InChI=1S/C27H39N9O7/c1-6-15(2)21(31-26(42)43-27(3,4)5)24(40)30-17(10-7-11-20(37)38)25(41)36-18(13-16-9-8-12-28-22(16)36)23(39)29-14-19-32-34-35-33-19/h8-9,12,15,17-18,21H,6-7,10-11,13-14H2,1-5H3,(H,29,39)(H,30,40)(H,31,42)(H,37,38)(H,32,33,34,35)/t15-,17?,18?,21-/m0/s1. The number of hydrogen-bond acceptors (Lipinski definition) is 10. The summed E-state index contributed by atoms with van der Waals surface area (Å²) in [6.45, 7) is 8.66. The molecule has 4 atom stereocenters. The molecule has 1 aliphatic heterocycles. The van der Waals surface area contributed by atoms with Gasteiger partial charge in [-0.3, -0.25) is 24.1 Å². The molecule has 2 aromatic heterocycles. The number of hydrogen-bond donors (Lipinski definition) is 5.